The normalized spacial score (nSPS) is 11.3. The van der Waals surface area contributed by atoms with E-state index in [0.717, 1.165) is 11.1 Å². The van der Waals surface area contributed by atoms with Gasteiger partial charge in [-0.05, 0) is 24.1 Å². The minimum atomic E-state index is -0.947. The Balaban J connectivity index is 1.60. The molecule has 0 spiro atoms. The average molecular weight is 465 g/mol. The smallest absolute Gasteiger partial charge is 0.353 e. The van der Waals surface area contributed by atoms with E-state index < -0.39 is 23.5 Å². The zero-order valence-electron chi connectivity index (χ0n) is 18.3. The lowest BCUT2D eigenvalue weighted by atomic mass is 9.99. The summed E-state index contributed by atoms with van der Waals surface area (Å²) in [5.74, 6) is -2.40. The summed E-state index contributed by atoms with van der Waals surface area (Å²) in [5, 5.41) is 15.7. The number of amides is 2. The lowest BCUT2D eigenvalue weighted by molar-refractivity contribution is -0.137. The summed E-state index contributed by atoms with van der Waals surface area (Å²) in [4.78, 5) is 40.6. The van der Waals surface area contributed by atoms with Gasteiger partial charge in [-0.1, -0.05) is 49.4 Å². The van der Waals surface area contributed by atoms with Gasteiger partial charge < -0.3 is 15.4 Å². The molecule has 0 saturated heterocycles. The van der Waals surface area contributed by atoms with Crippen LogP contribution >= 0.6 is 11.3 Å². The molecule has 1 aromatic heterocycles. The third kappa shape index (κ3) is 6.56. The van der Waals surface area contributed by atoms with Gasteiger partial charge in [-0.15, -0.1) is 11.3 Å². The molecule has 8 nitrogen and oxygen atoms in total. The Morgan fingerprint density at radius 3 is 2.39 bits per heavy atom. The highest BCUT2D eigenvalue weighted by Gasteiger charge is 2.28. The SMILES string of the molecule is CCC(C(=N)C(=O)OCc1ccccc1)C(=O)Nc1nc(-c2ccc(NC(C)=O)cc2)cs1. The Bertz CT molecular complexity index is 1140. The molecular weight excluding hydrogens is 440 g/mol. The molecule has 3 aromatic rings. The van der Waals surface area contributed by atoms with E-state index in [2.05, 4.69) is 15.6 Å². The van der Waals surface area contributed by atoms with Crippen molar-refractivity contribution < 1.29 is 19.1 Å². The van der Waals surface area contributed by atoms with Gasteiger partial charge >= 0.3 is 5.97 Å². The van der Waals surface area contributed by atoms with Crippen LogP contribution in [0.1, 0.15) is 25.8 Å². The predicted octanol–water partition coefficient (Wildman–Crippen LogP) is 4.50. The van der Waals surface area contributed by atoms with E-state index in [0.29, 0.717) is 16.5 Å². The van der Waals surface area contributed by atoms with Crippen LogP contribution in [0.2, 0.25) is 0 Å². The first-order valence-electron chi connectivity index (χ1n) is 10.3. The van der Waals surface area contributed by atoms with Crippen molar-refractivity contribution in [1.82, 2.24) is 4.98 Å². The van der Waals surface area contributed by atoms with Gasteiger partial charge in [0.1, 0.15) is 12.3 Å². The van der Waals surface area contributed by atoms with Crippen molar-refractivity contribution in [3.8, 4) is 11.3 Å². The highest BCUT2D eigenvalue weighted by Crippen LogP contribution is 2.26. The number of nitrogens with one attached hydrogen (secondary N) is 3. The van der Waals surface area contributed by atoms with Gasteiger partial charge in [0.2, 0.25) is 11.8 Å². The molecule has 33 heavy (non-hydrogen) atoms. The Hall–Kier alpha value is -3.85. The fourth-order valence-corrected chi connectivity index (χ4v) is 3.77. The third-order valence-corrected chi connectivity index (χ3v) is 5.50. The largest absolute Gasteiger partial charge is 0.456 e. The number of ether oxygens (including phenoxy) is 1. The standard InChI is InChI=1S/C24H24N4O4S/c1-3-19(21(25)23(31)32-13-16-7-5-4-6-8-16)22(30)28-24-27-20(14-33-24)17-9-11-18(12-10-17)26-15(2)29/h4-12,14,19,25H,3,13H2,1-2H3,(H,26,29)(H,27,28,30). The van der Waals surface area contributed by atoms with Crippen molar-refractivity contribution >= 4 is 45.7 Å². The zero-order valence-corrected chi connectivity index (χ0v) is 19.1. The maximum Gasteiger partial charge on any atom is 0.353 e. The van der Waals surface area contributed by atoms with Crippen LogP contribution in [0.15, 0.2) is 60.0 Å². The molecule has 0 saturated carbocycles. The molecule has 0 aliphatic rings. The summed E-state index contributed by atoms with van der Waals surface area (Å²) in [6, 6.07) is 16.3. The molecule has 0 aliphatic heterocycles. The number of hydrogen-bond donors (Lipinski definition) is 3. The van der Waals surface area contributed by atoms with E-state index in [9.17, 15) is 14.4 Å². The molecule has 2 aromatic carbocycles. The van der Waals surface area contributed by atoms with E-state index >= 15 is 0 Å². The van der Waals surface area contributed by atoms with Crippen molar-refractivity contribution in [2.45, 2.75) is 26.9 Å². The van der Waals surface area contributed by atoms with E-state index in [1.165, 1.54) is 18.3 Å². The third-order valence-electron chi connectivity index (χ3n) is 4.74. The number of hydrogen-bond acceptors (Lipinski definition) is 7. The molecule has 1 unspecified atom stereocenters. The van der Waals surface area contributed by atoms with Crippen LogP contribution in [0.3, 0.4) is 0 Å². The molecule has 0 radical (unpaired) electrons. The number of thiazole rings is 1. The van der Waals surface area contributed by atoms with E-state index in [1.54, 1.807) is 24.4 Å². The lowest BCUT2D eigenvalue weighted by Gasteiger charge is -2.14. The van der Waals surface area contributed by atoms with Crippen molar-refractivity contribution in [2.24, 2.45) is 5.92 Å². The number of carbonyl (C=O) groups excluding carboxylic acids is 3. The van der Waals surface area contributed by atoms with Crippen LogP contribution in [0.5, 0.6) is 0 Å². The fourth-order valence-electron chi connectivity index (χ4n) is 3.05. The molecule has 2 amide bonds. The van der Waals surface area contributed by atoms with Crippen LogP contribution in [0, 0.1) is 11.3 Å². The Morgan fingerprint density at radius 1 is 1.06 bits per heavy atom. The molecule has 170 valence electrons. The first-order chi connectivity index (χ1) is 15.9. The van der Waals surface area contributed by atoms with E-state index in [4.69, 9.17) is 10.1 Å². The van der Waals surface area contributed by atoms with E-state index in [1.807, 2.05) is 42.5 Å². The molecule has 1 heterocycles. The van der Waals surface area contributed by atoms with Gasteiger partial charge in [0.25, 0.3) is 0 Å². The second-order valence-corrected chi connectivity index (χ2v) is 8.08. The number of aromatic nitrogens is 1. The number of rotatable bonds is 9. The quantitative estimate of drug-likeness (QED) is 0.318. The summed E-state index contributed by atoms with van der Waals surface area (Å²) in [5.41, 5.74) is 2.58. The summed E-state index contributed by atoms with van der Waals surface area (Å²) in [6.07, 6.45) is 0.272. The maximum atomic E-state index is 12.7. The van der Waals surface area contributed by atoms with Gasteiger partial charge in [-0.2, -0.15) is 0 Å². The molecule has 3 rings (SSSR count). The number of benzene rings is 2. The predicted molar refractivity (Wildman–Crippen MR) is 128 cm³/mol. The zero-order chi connectivity index (χ0) is 23.8. The number of anilines is 2. The topological polar surface area (TPSA) is 121 Å². The summed E-state index contributed by atoms with van der Waals surface area (Å²) < 4.78 is 5.19. The second-order valence-electron chi connectivity index (χ2n) is 7.22. The van der Waals surface area contributed by atoms with Gasteiger partial charge in [-0.25, -0.2) is 9.78 Å². The summed E-state index contributed by atoms with van der Waals surface area (Å²) in [7, 11) is 0. The van der Waals surface area contributed by atoms with Gasteiger partial charge in [0, 0.05) is 23.6 Å². The van der Waals surface area contributed by atoms with Crippen LogP contribution in [0.25, 0.3) is 11.3 Å². The Kier molecular flexibility index (Phi) is 8.04. The molecule has 0 aliphatic carbocycles. The number of esters is 1. The highest BCUT2D eigenvalue weighted by atomic mass is 32.1. The maximum absolute atomic E-state index is 12.7. The molecule has 0 bridgehead atoms. The first kappa shape index (κ1) is 23.8. The second kappa shape index (κ2) is 11.1. The fraction of sp³-hybridized carbons (Fsp3) is 0.208. The van der Waals surface area contributed by atoms with Crippen molar-refractivity contribution in [2.75, 3.05) is 10.6 Å². The van der Waals surface area contributed by atoms with Crippen molar-refractivity contribution in [1.29, 1.82) is 5.41 Å². The average Bonchev–Trinajstić information content (AvgIpc) is 3.27. The number of nitrogens with zero attached hydrogens (tertiary/aromatic N) is 1. The Labute approximate surface area is 195 Å². The Morgan fingerprint density at radius 2 is 1.76 bits per heavy atom. The lowest BCUT2D eigenvalue weighted by Crippen LogP contribution is -2.34. The summed E-state index contributed by atoms with van der Waals surface area (Å²) >= 11 is 1.24. The van der Waals surface area contributed by atoms with Crippen LogP contribution in [-0.4, -0.2) is 28.5 Å². The van der Waals surface area contributed by atoms with Crippen molar-refractivity contribution in [3.05, 3.63) is 65.5 Å². The summed E-state index contributed by atoms with van der Waals surface area (Å²) in [6.45, 7) is 3.21. The van der Waals surface area contributed by atoms with Crippen molar-refractivity contribution in [3.63, 3.8) is 0 Å². The highest BCUT2D eigenvalue weighted by molar-refractivity contribution is 7.14. The molecule has 3 N–H and O–H groups in total. The van der Waals surface area contributed by atoms with Gasteiger partial charge in [0.05, 0.1) is 11.6 Å². The van der Waals surface area contributed by atoms with E-state index in [-0.39, 0.29) is 18.9 Å². The molecule has 9 heteroatoms. The minimum absolute atomic E-state index is 0.0384. The molecular formula is C24H24N4O4S. The minimum Gasteiger partial charge on any atom is -0.456 e. The van der Waals surface area contributed by atoms with Crippen LogP contribution < -0.4 is 10.6 Å². The van der Waals surface area contributed by atoms with Gasteiger partial charge in [0.15, 0.2) is 5.13 Å². The van der Waals surface area contributed by atoms with Gasteiger partial charge in [-0.3, -0.25) is 15.0 Å². The molecule has 1 atom stereocenters. The molecule has 0 fully saturated rings. The monoisotopic (exact) mass is 464 g/mol. The number of carbonyl (C=O) groups is 3. The van der Waals surface area contributed by atoms with Crippen LogP contribution in [-0.2, 0) is 25.7 Å². The first-order valence-corrected chi connectivity index (χ1v) is 11.2. The van der Waals surface area contributed by atoms with Crippen LogP contribution in [0.4, 0.5) is 10.8 Å².